The maximum Gasteiger partial charge on any atom is 0.233 e. The summed E-state index contributed by atoms with van der Waals surface area (Å²) in [7, 11) is -1.72. The molecule has 0 unspecified atom stereocenters. The maximum absolute atomic E-state index is 12.8. The van der Waals surface area contributed by atoms with Crippen molar-refractivity contribution in [2.45, 2.75) is 26.7 Å². The molecule has 1 aromatic rings. The molecule has 1 aliphatic rings. The lowest BCUT2D eigenvalue weighted by Crippen LogP contribution is -2.47. The number of sulfonamides is 1. The number of carbonyl (C=O) groups is 1. The van der Waals surface area contributed by atoms with E-state index in [2.05, 4.69) is 15.4 Å². The number of carbonyl (C=O) groups excluding carboxylic acids is 1. The van der Waals surface area contributed by atoms with Crippen molar-refractivity contribution in [2.75, 3.05) is 42.6 Å². The van der Waals surface area contributed by atoms with E-state index in [4.69, 9.17) is 4.74 Å². The van der Waals surface area contributed by atoms with E-state index in [0.29, 0.717) is 18.0 Å². The molecule has 148 valence electrons. The third-order valence-electron chi connectivity index (χ3n) is 4.59. The predicted octanol–water partition coefficient (Wildman–Crippen LogP) is 2.13. The van der Waals surface area contributed by atoms with Gasteiger partial charge in [0.25, 0.3) is 0 Å². The minimum absolute atomic E-state index is 0. The topological polar surface area (TPSA) is 96.5 Å². The number of amides is 1. The molecular weight excluding hydrogens is 378 g/mol. The Hall–Kier alpha value is -1.35. The molecule has 1 amide bonds. The van der Waals surface area contributed by atoms with E-state index in [1.54, 1.807) is 39.2 Å². The molecule has 0 bridgehead atoms. The van der Waals surface area contributed by atoms with Crippen molar-refractivity contribution in [3.8, 4) is 0 Å². The van der Waals surface area contributed by atoms with Crippen LogP contribution in [0, 0.1) is 12.3 Å². The first kappa shape index (κ1) is 22.7. The van der Waals surface area contributed by atoms with Gasteiger partial charge in [-0.1, -0.05) is 0 Å². The fourth-order valence-corrected chi connectivity index (χ4v) is 3.69. The molecule has 0 spiro atoms. The summed E-state index contributed by atoms with van der Waals surface area (Å²) in [5, 5.41) is 6.22. The van der Waals surface area contributed by atoms with Gasteiger partial charge >= 0.3 is 0 Å². The molecule has 9 heteroatoms. The predicted molar refractivity (Wildman–Crippen MR) is 107 cm³/mol. The van der Waals surface area contributed by atoms with Crippen LogP contribution in [0.15, 0.2) is 18.2 Å². The number of hydrogen-bond donors (Lipinski definition) is 3. The number of anilines is 2. The average molecular weight is 406 g/mol. The number of piperidine rings is 1. The number of methoxy groups -OCH3 is 1. The number of rotatable bonds is 7. The zero-order valence-electron chi connectivity index (χ0n) is 15.4. The first-order valence-corrected chi connectivity index (χ1v) is 10.1. The summed E-state index contributed by atoms with van der Waals surface area (Å²) >= 11 is 0. The van der Waals surface area contributed by atoms with Crippen molar-refractivity contribution in [2.24, 2.45) is 5.41 Å². The Labute approximate surface area is 161 Å². The molecule has 7 nitrogen and oxygen atoms in total. The minimum atomic E-state index is -3.33. The van der Waals surface area contributed by atoms with Gasteiger partial charge in [0, 0.05) is 12.8 Å². The maximum atomic E-state index is 12.8. The lowest BCUT2D eigenvalue weighted by molar-refractivity contribution is -0.130. The summed E-state index contributed by atoms with van der Waals surface area (Å²) < 4.78 is 31.2. The summed E-state index contributed by atoms with van der Waals surface area (Å²) in [6.45, 7) is 5.34. The number of benzene rings is 1. The number of hydrogen-bond acceptors (Lipinski definition) is 5. The molecule has 1 aliphatic heterocycles. The van der Waals surface area contributed by atoms with Crippen molar-refractivity contribution >= 4 is 39.7 Å². The zero-order valence-corrected chi connectivity index (χ0v) is 17.1. The van der Waals surface area contributed by atoms with E-state index in [9.17, 15) is 13.2 Å². The van der Waals surface area contributed by atoms with Crippen LogP contribution < -0.4 is 15.4 Å². The van der Waals surface area contributed by atoms with Gasteiger partial charge in [-0.3, -0.25) is 9.52 Å². The molecular formula is C17H28ClN3O4S. The van der Waals surface area contributed by atoms with Crippen LogP contribution in [0.5, 0.6) is 0 Å². The van der Waals surface area contributed by atoms with Gasteiger partial charge in [0.05, 0.1) is 23.5 Å². The number of ether oxygens (including phenoxy) is 1. The van der Waals surface area contributed by atoms with Gasteiger partial charge < -0.3 is 15.4 Å². The highest BCUT2D eigenvalue weighted by atomic mass is 35.5. The van der Waals surface area contributed by atoms with Crippen molar-refractivity contribution in [1.82, 2.24) is 5.32 Å². The Morgan fingerprint density at radius 1 is 1.31 bits per heavy atom. The third kappa shape index (κ3) is 5.57. The molecule has 1 aromatic carbocycles. The van der Waals surface area contributed by atoms with Crippen LogP contribution in [0.2, 0.25) is 0 Å². The smallest absolute Gasteiger partial charge is 0.233 e. The van der Waals surface area contributed by atoms with Gasteiger partial charge in [0.15, 0.2) is 0 Å². The molecule has 0 aliphatic carbocycles. The Balaban J connectivity index is 0.00000338. The summed E-state index contributed by atoms with van der Waals surface area (Å²) in [4.78, 5) is 12.8. The van der Waals surface area contributed by atoms with Crippen molar-refractivity contribution in [1.29, 1.82) is 0 Å². The van der Waals surface area contributed by atoms with Crippen molar-refractivity contribution < 1.29 is 17.9 Å². The van der Waals surface area contributed by atoms with Crippen LogP contribution in [0.1, 0.15) is 25.3 Å². The summed E-state index contributed by atoms with van der Waals surface area (Å²) in [5.41, 5.74) is 1.39. The van der Waals surface area contributed by atoms with E-state index < -0.39 is 15.4 Å². The molecule has 26 heavy (non-hydrogen) atoms. The Morgan fingerprint density at radius 2 is 1.96 bits per heavy atom. The van der Waals surface area contributed by atoms with Crippen LogP contribution in [0.4, 0.5) is 11.4 Å². The Bertz CT molecular complexity index is 713. The Morgan fingerprint density at radius 3 is 2.50 bits per heavy atom. The summed E-state index contributed by atoms with van der Waals surface area (Å²) in [5.74, 6) is -0.0458. The number of nitrogens with one attached hydrogen (secondary N) is 3. The lowest BCUT2D eigenvalue weighted by atomic mass is 9.78. The average Bonchev–Trinajstić information content (AvgIpc) is 2.58. The van der Waals surface area contributed by atoms with Gasteiger partial charge in [0.1, 0.15) is 0 Å². The van der Waals surface area contributed by atoms with Gasteiger partial charge in [-0.2, -0.15) is 0 Å². The summed E-state index contributed by atoms with van der Waals surface area (Å²) in [6, 6.07) is 5.15. The third-order valence-corrected chi connectivity index (χ3v) is 5.88. The van der Waals surface area contributed by atoms with E-state index >= 15 is 0 Å². The van der Waals surface area contributed by atoms with E-state index in [1.807, 2.05) is 0 Å². The van der Waals surface area contributed by atoms with Crippen LogP contribution in [-0.2, 0) is 19.6 Å². The normalized spacial score (nSPS) is 16.4. The summed E-state index contributed by atoms with van der Waals surface area (Å²) in [6.07, 6.45) is 1.44. The second-order valence-electron chi connectivity index (χ2n) is 6.45. The SMILES string of the molecule is CCS(=O)(=O)Nc1ccc(NC(=O)C2(COC)CCNCC2)cc1C.Cl. The monoisotopic (exact) mass is 405 g/mol. The standard InChI is InChI=1S/C17H27N3O4S.ClH/c1-4-25(22,23)20-15-6-5-14(11-13(15)2)19-16(21)17(12-24-3)7-9-18-10-8-17;/h5-6,11,18,20H,4,7-10,12H2,1-3H3,(H,19,21);1H. The minimum Gasteiger partial charge on any atom is -0.384 e. The molecule has 0 atom stereocenters. The highest BCUT2D eigenvalue weighted by molar-refractivity contribution is 7.92. The largest absolute Gasteiger partial charge is 0.384 e. The number of aryl methyl sites for hydroxylation is 1. The first-order valence-electron chi connectivity index (χ1n) is 8.44. The fraction of sp³-hybridized carbons (Fsp3) is 0.588. The highest BCUT2D eigenvalue weighted by Gasteiger charge is 2.39. The number of halogens is 1. The lowest BCUT2D eigenvalue weighted by Gasteiger charge is -2.35. The second-order valence-corrected chi connectivity index (χ2v) is 8.46. The van der Waals surface area contributed by atoms with E-state index in [0.717, 1.165) is 31.5 Å². The first-order chi connectivity index (χ1) is 11.8. The Kier molecular flexibility index (Phi) is 8.33. The van der Waals surface area contributed by atoms with Crippen LogP contribution in [0.25, 0.3) is 0 Å². The van der Waals surface area contributed by atoms with Crippen molar-refractivity contribution in [3.63, 3.8) is 0 Å². The zero-order chi connectivity index (χ0) is 18.5. The molecule has 3 N–H and O–H groups in total. The molecule has 0 saturated carbocycles. The van der Waals surface area contributed by atoms with Crippen LogP contribution in [0.3, 0.4) is 0 Å². The fourth-order valence-electron chi connectivity index (χ4n) is 2.98. The molecule has 1 saturated heterocycles. The van der Waals surface area contributed by atoms with Gasteiger partial charge in [-0.15, -0.1) is 12.4 Å². The van der Waals surface area contributed by atoms with Gasteiger partial charge in [-0.25, -0.2) is 8.42 Å². The van der Waals surface area contributed by atoms with Gasteiger partial charge in [-0.05, 0) is 63.5 Å². The molecule has 0 aromatic heterocycles. The molecule has 1 fully saturated rings. The molecule has 1 heterocycles. The van der Waals surface area contributed by atoms with E-state index in [1.165, 1.54) is 0 Å². The van der Waals surface area contributed by atoms with Crippen LogP contribution >= 0.6 is 12.4 Å². The van der Waals surface area contributed by atoms with Crippen LogP contribution in [-0.4, -0.2) is 46.9 Å². The quantitative estimate of drug-likeness (QED) is 0.645. The van der Waals surface area contributed by atoms with Crippen molar-refractivity contribution in [3.05, 3.63) is 23.8 Å². The van der Waals surface area contributed by atoms with Gasteiger partial charge in [0.2, 0.25) is 15.9 Å². The molecule has 0 radical (unpaired) electrons. The van der Waals surface area contributed by atoms with E-state index in [-0.39, 0.29) is 24.1 Å². The second kappa shape index (κ2) is 9.55. The molecule has 2 rings (SSSR count). The highest BCUT2D eigenvalue weighted by Crippen LogP contribution is 2.31.